The Morgan fingerprint density at radius 2 is 1.93 bits per heavy atom. The van der Waals surface area contributed by atoms with Crippen LogP contribution >= 0.6 is 0 Å². The number of nitrogens with zero attached hydrogens (tertiary/aromatic N) is 4. The first-order valence-corrected chi connectivity index (χ1v) is 14.0. The molecule has 0 bridgehead atoms. The molecule has 212 valence electrons. The molecule has 0 radical (unpaired) electrons. The van der Waals surface area contributed by atoms with Crippen LogP contribution in [0.15, 0.2) is 42.7 Å². The zero-order valence-corrected chi connectivity index (χ0v) is 22.8. The Kier molecular flexibility index (Phi) is 7.02. The van der Waals surface area contributed by atoms with Gasteiger partial charge in [0, 0.05) is 36.3 Å². The van der Waals surface area contributed by atoms with E-state index in [9.17, 15) is 19.2 Å². The van der Waals surface area contributed by atoms with Crippen molar-refractivity contribution in [2.24, 2.45) is 11.7 Å². The van der Waals surface area contributed by atoms with Gasteiger partial charge in [-0.05, 0) is 68.4 Å². The van der Waals surface area contributed by atoms with Gasteiger partial charge < -0.3 is 20.6 Å². The number of nitrogens with one attached hydrogen (secondary N) is 1. The molecule has 2 saturated carbocycles. The predicted molar refractivity (Wildman–Crippen MR) is 149 cm³/mol. The molecule has 1 aromatic carbocycles. The zero-order valence-electron chi connectivity index (χ0n) is 22.8. The average molecular weight is 557 g/mol. The summed E-state index contributed by atoms with van der Waals surface area (Å²) in [5.74, 6) is -0.291. The fourth-order valence-electron chi connectivity index (χ4n) is 5.73. The van der Waals surface area contributed by atoms with Crippen molar-refractivity contribution in [2.75, 3.05) is 19.0 Å². The van der Waals surface area contributed by atoms with Crippen LogP contribution in [0.2, 0.25) is 0 Å². The van der Waals surface area contributed by atoms with Crippen molar-refractivity contribution in [1.82, 2.24) is 19.7 Å². The van der Waals surface area contributed by atoms with Gasteiger partial charge in [0.1, 0.15) is 18.1 Å². The number of rotatable bonds is 12. The van der Waals surface area contributed by atoms with E-state index in [1.54, 1.807) is 31.5 Å². The van der Waals surface area contributed by atoms with Crippen LogP contribution in [0, 0.1) is 5.92 Å². The minimum atomic E-state index is -1.15. The van der Waals surface area contributed by atoms with Crippen molar-refractivity contribution in [3.63, 3.8) is 0 Å². The summed E-state index contributed by atoms with van der Waals surface area (Å²) in [4.78, 5) is 54.1. The van der Waals surface area contributed by atoms with Crippen LogP contribution in [0.4, 0.5) is 5.69 Å². The first kappa shape index (κ1) is 26.7. The number of hydrogen-bond acceptors (Lipinski definition) is 8. The Labute approximate surface area is 237 Å². The van der Waals surface area contributed by atoms with Gasteiger partial charge >= 0.3 is 0 Å². The van der Waals surface area contributed by atoms with Crippen LogP contribution in [0.25, 0.3) is 11.3 Å². The van der Waals surface area contributed by atoms with Crippen molar-refractivity contribution in [3.8, 4) is 17.0 Å². The SMILES string of the molecule is COc1ccc(-c2cn([C@H]3C[C@H](CNc4ccc5c(c4)C(=O)N(C(CCC=O)C(N)=O)C5=O)C3)nc2C2CC2)nc1. The lowest BCUT2D eigenvalue weighted by molar-refractivity contribution is -0.122. The van der Waals surface area contributed by atoms with Crippen LogP contribution in [-0.2, 0) is 9.59 Å². The number of carbonyl (C=O) groups excluding carboxylic acids is 4. The number of aldehydes is 1. The minimum absolute atomic E-state index is 0.00869. The van der Waals surface area contributed by atoms with E-state index >= 15 is 0 Å². The molecule has 3 aromatic rings. The van der Waals surface area contributed by atoms with E-state index in [0.29, 0.717) is 30.7 Å². The van der Waals surface area contributed by atoms with Crippen molar-refractivity contribution in [3.05, 3.63) is 59.5 Å². The third-order valence-electron chi connectivity index (χ3n) is 8.27. The lowest BCUT2D eigenvalue weighted by Crippen LogP contribution is -2.47. The van der Waals surface area contributed by atoms with Crippen LogP contribution in [-0.4, -0.2) is 63.4 Å². The second-order valence-electron chi connectivity index (χ2n) is 11.0. The first-order valence-electron chi connectivity index (χ1n) is 14.0. The standard InChI is InChI=1S/C30H32N6O5/c1-41-21-7-9-25(33-15-21)24-16-35(34-27(24)18-4-5-18)20-11-17(12-20)14-32-19-6-8-22-23(13-19)30(40)36(29(22)39)26(28(31)38)3-2-10-37/h6-10,13,15-18,20,26,32H,2-5,11-12,14H2,1H3,(H2,31,38)/t17-,20-,26?. The fraction of sp³-hybridized carbons (Fsp3) is 0.400. The van der Waals surface area contributed by atoms with Gasteiger partial charge in [-0.25, -0.2) is 0 Å². The normalized spacial score (nSPS) is 20.4. The van der Waals surface area contributed by atoms with Gasteiger partial charge in [0.25, 0.3) is 11.8 Å². The van der Waals surface area contributed by atoms with E-state index in [0.717, 1.165) is 59.0 Å². The summed E-state index contributed by atoms with van der Waals surface area (Å²) in [7, 11) is 1.63. The largest absolute Gasteiger partial charge is 0.495 e. The molecule has 3 N–H and O–H groups in total. The summed E-state index contributed by atoms with van der Waals surface area (Å²) in [6, 6.07) is 8.07. The molecule has 3 aliphatic rings. The first-order chi connectivity index (χ1) is 19.9. The van der Waals surface area contributed by atoms with Gasteiger partial charge in [0.05, 0.1) is 41.9 Å². The summed E-state index contributed by atoms with van der Waals surface area (Å²) in [6.07, 6.45) is 8.79. The Balaban J connectivity index is 1.08. The quantitative estimate of drug-likeness (QED) is 0.255. The van der Waals surface area contributed by atoms with Gasteiger partial charge in [0.15, 0.2) is 0 Å². The average Bonchev–Trinajstić information content (AvgIpc) is 3.67. The molecule has 41 heavy (non-hydrogen) atoms. The highest BCUT2D eigenvalue weighted by Crippen LogP contribution is 2.45. The molecule has 11 nitrogen and oxygen atoms in total. The molecule has 1 atom stereocenters. The molecule has 1 aliphatic heterocycles. The van der Waals surface area contributed by atoms with Crippen LogP contribution in [0.3, 0.4) is 0 Å². The maximum absolute atomic E-state index is 13.1. The zero-order chi connectivity index (χ0) is 28.7. The summed E-state index contributed by atoms with van der Waals surface area (Å²) in [6.45, 7) is 0.716. The Bertz CT molecular complexity index is 1510. The topological polar surface area (TPSA) is 150 Å². The van der Waals surface area contributed by atoms with Crippen molar-refractivity contribution >= 4 is 29.7 Å². The monoisotopic (exact) mass is 556 g/mol. The van der Waals surface area contributed by atoms with E-state index < -0.39 is 23.8 Å². The van der Waals surface area contributed by atoms with E-state index in [-0.39, 0.29) is 24.0 Å². The number of methoxy groups -OCH3 is 1. The summed E-state index contributed by atoms with van der Waals surface area (Å²) in [5, 5.41) is 8.37. The number of ether oxygens (including phenoxy) is 1. The third-order valence-corrected chi connectivity index (χ3v) is 8.27. The predicted octanol–water partition coefficient (Wildman–Crippen LogP) is 3.32. The van der Waals surface area contributed by atoms with Gasteiger partial charge in [0.2, 0.25) is 5.91 Å². The molecular formula is C30H32N6O5. The fourth-order valence-corrected chi connectivity index (χ4v) is 5.73. The number of primary amides is 1. The number of nitrogens with two attached hydrogens (primary N) is 1. The van der Waals surface area contributed by atoms with Crippen molar-refractivity contribution in [1.29, 1.82) is 0 Å². The Morgan fingerprint density at radius 3 is 2.59 bits per heavy atom. The number of imide groups is 1. The summed E-state index contributed by atoms with van der Waals surface area (Å²) >= 11 is 0. The number of carbonyl (C=O) groups is 4. The molecule has 3 heterocycles. The highest BCUT2D eigenvalue weighted by atomic mass is 16.5. The number of anilines is 1. The molecule has 6 rings (SSSR count). The maximum Gasteiger partial charge on any atom is 0.262 e. The smallest absolute Gasteiger partial charge is 0.262 e. The number of fused-ring (bicyclic) bond motifs is 1. The molecule has 2 fully saturated rings. The molecule has 1 unspecified atom stereocenters. The Morgan fingerprint density at radius 1 is 1.15 bits per heavy atom. The molecule has 11 heteroatoms. The third kappa shape index (κ3) is 5.07. The molecule has 2 aliphatic carbocycles. The van der Waals surface area contributed by atoms with E-state index in [1.165, 1.54) is 0 Å². The van der Waals surface area contributed by atoms with E-state index in [4.69, 9.17) is 15.6 Å². The van der Waals surface area contributed by atoms with Gasteiger partial charge in [-0.2, -0.15) is 5.10 Å². The molecule has 2 aromatic heterocycles. The van der Waals surface area contributed by atoms with E-state index in [1.807, 2.05) is 12.1 Å². The van der Waals surface area contributed by atoms with E-state index in [2.05, 4.69) is 21.2 Å². The van der Waals surface area contributed by atoms with Crippen LogP contribution in [0.1, 0.15) is 76.9 Å². The van der Waals surface area contributed by atoms with Crippen molar-refractivity contribution < 1.29 is 23.9 Å². The number of benzene rings is 1. The molecule has 0 spiro atoms. The Hall–Kier alpha value is -4.54. The minimum Gasteiger partial charge on any atom is -0.495 e. The van der Waals surface area contributed by atoms with Gasteiger partial charge in [-0.3, -0.25) is 28.9 Å². The number of amides is 3. The molecule has 0 saturated heterocycles. The number of aromatic nitrogens is 3. The van der Waals surface area contributed by atoms with Crippen LogP contribution in [0.5, 0.6) is 5.75 Å². The van der Waals surface area contributed by atoms with Crippen molar-refractivity contribution in [2.45, 2.75) is 56.5 Å². The summed E-state index contributed by atoms with van der Waals surface area (Å²) in [5.41, 5.74) is 9.75. The second-order valence-corrected chi connectivity index (χ2v) is 11.0. The maximum atomic E-state index is 13.1. The molecule has 3 amide bonds. The van der Waals surface area contributed by atoms with Gasteiger partial charge in [-0.15, -0.1) is 0 Å². The molecular weight excluding hydrogens is 524 g/mol. The van der Waals surface area contributed by atoms with Crippen LogP contribution < -0.4 is 15.8 Å². The lowest BCUT2D eigenvalue weighted by atomic mass is 9.80. The highest BCUT2D eigenvalue weighted by Gasteiger charge is 2.42. The number of pyridine rings is 1. The lowest BCUT2D eigenvalue weighted by Gasteiger charge is -2.35. The highest BCUT2D eigenvalue weighted by molar-refractivity contribution is 6.23. The number of hydrogen-bond donors (Lipinski definition) is 2. The summed E-state index contributed by atoms with van der Waals surface area (Å²) < 4.78 is 7.35. The van der Waals surface area contributed by atoms with Gasteiger partial charge in [-0.1, -0.05) is 0 Å². The second kappa shape index (κ2) is 10.8.